The molecule has 0 saturated heterocycles. The Balaban J connectivity index is 2.49. The zero-order chi connectivity index (χ0) is 12.4. The van der Waals surface area contributed by atoms with Gasteiger partial charge in [0.05, 0.1) is 0 Å². The Hall–Kier alpha value is -1.85. The van der Waals surface area contributed by atoms with Gasteiger partial charge < -0.3 is 4.57 Å². The van der Waals surface area contributed by atoms with Crippen molar-refractivity contribution in [2.75, 3.05) is 0 Å². The van der Waals surface area contributed by atoms with E-state index in [-0.39, 0.29) is 5.56 Å². The number of benzene rings is 1. The Morgan fingerprint density at radius 3 is 2.41 bits per heavy atom. The van der Waals surface area contributed by atoms with Crippen molar-refractivity contribution in [1.82, 2.24) is 14.8 Å². The Kier molecular flexibility index (Phi) is 3.12. The van der Waals surface area contributed by atoms with Crippen molar-refractivity contribution in [1.29, 1.82) is 0 Å². The zero-order valence-electron chi connectivity index (χ0n) is 9.12. The molecule has 2 aromatic rings. The molecule has 0 unspecified atom stereocenters. The largest absolute Gasteiger partial charge is 0.314 e. The summed E-state index contributed by atoms with van der Waals surface area (Å²) in [5.41, 5.74) is 0.173. The average Bonchev–Trinajstić information content (AvgIpc) is 2.74. The molecule has 1 heterocycles. The molecule has 0 atom stereocenters. The fraction of sp³-hybridized carbons (Fsp3) is 0.273. The number of aromatic nitrogens is 3. The number of nitrogens with zero attached hydrogens (tertiary/aromatic N) is 3. The van der Waals surface area contributed by atoms with Crippen LogP contribution in [0.2, 0.25) is 0 Å². The van der Waals surface area contributed by atoms with Crippen LogP contribution in [0.15, 0.2) is 18.5 Å². The van der Waals surface area contributed by atoms with E-state index in [1.54, 1.807) is 4.57 Å². The molecule has 0 saturated carbocycles. The van der Waals surface area contributed by atoms with E-state index in [4.69, 9.17) is 0 Å². The monoisotopic (exact) mass is 241 g/mol. The molecule has 6 heteroatoms. The van der Waals surface area contributed by atoms with Crippen molar-refractivity contribution in [2.24, 2.45) is 0 Å². The van der Waals surface area contributed by atoms with Crippen LogP contribution in [-0.2, 0) is 6.54 Å². The summed E-state index contributed by atoms with van der Waals surface area (Å²) in [6.07, 6.45) is 2.30. The summed E-state index contributed by atoms with van der Waals surface area (Å²) in [5.74, 6) is -3.61. The summed E-state index contributed by atoms with van der Waals surface area (Å²) >= 11 is 0. The molecule has 2 rings (SSSR count). The highest BCUT2D eigenvalue weighted by Gasteiger charge is 2.14. The number of halogens is 3. The smallest absolute Gasteiger partial charge is 0.194 e. The topological polar surface area (TPSA) is 30.7 Å². The molecule has 0 spiro atoms. The van der Waals surface area contributed by atoms with Crippen LogP contribution in [-0.4, -0.2) is 14.8 Å². The molecule has 0 amide bonds. The molecule has 0 aliphatic carbocycles. The Bertz CT molecular complexity index is 514. The van der Waals surface area contributed by atoms with E-state index >= 15 is 0 Å². The average molecular weight is 241 g/mol. The third-order valence-corrected chi connectivity index (χ3v) is 2.32. The zero-order valence-corrected chi connectivity index (χ0v) is 9.12. The Labute approximate surface area is 95.9 Å². The minimum atomic E-state index is -1.48. The van der Waals surface area contributed by atoms with Gasteiger partial charge in [0.1, 0.15) is 6.33 Å². The lowest BCUT2D eigenvalue weighted by molar-refractivity contribution is 0.447. The molecule has 90 valence electrons. The van der Waals surface area contributed by atoms with Gasteiger partial charge in [-0.1, -0.05) is 6.92 Å². The second-order valence-electron chi connectivity index (χ2n) is 3.60. The molecule has 17 heavy (non-hydrogen) atoms. The van der Waals surface area contributed by atoms with Gasteiger partial charge in [-0.05, 0) is 18.6 Å². The van der Waals surface area contributed by atoms with Gasteiger partial charge in [0.2, 0.25) is 0 Å². The van der Waals surface area contributed by atoms with Crippen molar-refractivity contribution < 1.29 is 13.2 Å². The minimum Gasteiger partial charge on any atom is -0.314 e. The predicted octanol–water partition coefficient (Wildman–Crippen LogP) is 2.77. The van der Waals surface area contributed by atoms with E-state index in [0.29, 0.717) is 12.4 Å². The highest BCUT2D eigenvalue weighted by atomic mass is 19.2. The van der Waals surface area contributed by atoms with Crippen LogP contribution in [0.4, 0.5) is 13.2 Å². The van der Waals surface area contributed by atoms with Crippen LogP contribution in [0.25, 0.3) is 11.4 Å². The van der Waals surface area contributed by atoms with Gasteiger partial charge >= 0.3 is 0 Å². The van der Waals surface area contributed by atoms with Gasteiger partial charge in [0.15, 0.2) is 23.3 Å². The highest BCUT2D eigenvalue weighted by molar-refractivity contribution is 5.55. The second kappa shape index (κ2) is 4.57. The predicted molar refractivity (Wildman–Crippen MR) is 55.6 cm³/mol. The molecule has 3 nitrogen and oxygen atoms in total. The van der Waals surface area contributed by atoms with Crippen LogP contribution >= 0.6 is 0 Å². The van der Waals surface area contributed by atoms with Crippen molar-refractivity contribution in [3.63, 3.8) is 0 Å². The first-order valence-corrected chi connectivity index (χ1v) is 5.16. The molecule has 0 radical (unpaired) electrons. The first-order chi connectivity index (χ1) is 8.13. The van der Waals surface area contributed by atoms with Gasteiger partial charge in [-0.2, -0.15) is 0 Å². The fourth-order valence-corrected chi connectivity index (χ4v) is 1.57. The molecular formula is C11H10F3N3. The van der Waals surface area contributed by atoms with Crippen LogP contribution in [0, 0.1) is 17.5 Å². The van der Waals surface area contributed by atoms with E-state index in [2.05, 4.69) is 10.2 Å². The second-order valence-corrected chi connectivity index (χ2v) is 3.60. The first-order valence-electron chi connectivity index (χ1n) is 5.16. The molecule has 1 aromatic carbocycles. The van der Waals surface area contributed by atoms with Crippen molar-refractivity contribution in [2.45, 2.75) is 19.9 Å². The molecule has 0 aliphatic heterocycles. The Morgan fingerprint density at radius 1 is 1.18 bits per heavy atom. The van der Waals surface area contributed by atoms with Crippen molar-refractivity contribution in [3.05, 3.63) is 35.9 Å². The quantitative estimate of drug-likeness (QED) is 0.773. The van der Waals surface area contributed by atoms with E-state index in [0.717, 1.165) is 18.6 Å². The standard InChI is InChI=1S/C11H10F3N3/c1-2-3-17-6-15-16-11(17)7-4-8(12)10(14)9(13)5-7/h4-6H,2-3H2,1H3. The van der Waals surface area contributed by atoms with Gasteiger partial charge in [-0.3, -0.25) is 0 Å². The summed E-state index contributed by atoms with van der Waals surface area (Å²) in [5, 5.41) is 7.45. The van der Waals surface area contributed by atoms with E-state index in [1.165, 1.54) is 6.33 Å². The van der Waals surface area contributed by atoms with Crippen molar-refractivity contribution >= 4 is 0 Å². The molecule has 1 aromatic heterocycles. The maximum Gasteiger partial charge on any atom is 0.194 e. The molecular weight excluding hydrogens is 231 g/mol. The number of rotatable bonds is 3. The van der Waals surface area contributed by atoms with Crippen LogP contribution in [0.1, 0.15) is 13.3 Å². The third-order valence-electron chi connectivity index (χ3n) is 2.32. The molecule has 0 aliphatic rings. The normalized spacial score (nSPS) is 10.8. The van der Waals surface area contributed by atoms with Gasteiger partial charge in [0.25, 0.3) is 0 Å². The fourth-order valence-electron chi connectivity index (χ4n) is 1.57. The molecule has 0 N–H and O–H groups in total. The van der Waals surface area contributed by atoms with Crippen LogP contribution < -0.4 is 0 Å². The SMILES string of the molecule is CCCn1cnnc1-c1cc(F)c(F)c(F)c1. The van der Waals surface area contributed by atoms with E-state index in [9.17, 15) is 13.2 Å². The molecule has 0 fully saturated rings. The molecule has 0 bridgehead atoms. The van der Waals surface area contributed by atoms with E-state index in [1.807, 2.05) is 6.92 Å². The summed E-state index contributed by atoms with van der Waals surface area (Å²) in [4.78, 5) is 0. The maximum atomic E-state index is 13.1. The number of aryl methyl sites for hydroxylation is 1. The first kappa shape index (κ1) is 11.6. The third kappa shape index (κ3) is 2.15. The Morgan fingerprint density at radius 2 is 1.82 bits per heavy atom. The van der Waals surface area contributed by atoms with Gasteiger partial charge in [-0.15, -0.1) is 10.2 Å². The van der Waals surface area contributed by atoms with E-state index < -0.39 is 17.5 Å². The number of hydrogen-bond donors (Lipinski definition) is 0. The highest BCUT2D eigenvalue weighted by Crippen LogP contribution is 2.22. The van der Waals surface area contributed by atoms with Crippen molar-refractivity contribution in [3.8, 4) is 11.4 Å². The van der Waals surface area contributed by atoms with Gasteiger partial charge in [-0.25, -0.2) is 13.2 Å². The summed E-state index contributed by atoms with van der Waals surface area (Å²) in [6.45, 7) is 2.58. The summed E-state index contributed by atoms with van der Waals surface area (Å²) in [6, 6.07) is 1.82. The lowest BCUT2D eigenvalue weighted by Gasteiger charge is -2.05. The van der Waals surface area contributed by atoms with Gasteiger partial charge in [0, 0.05) is 12.1 Å². The van der Waals surface area contributed by atoms with Crippen LogP contribution in [0.3, 0.4) is 0 Å². The minimum absolute atomic E-state index is 0.173. The summed E-state index contributed by atoms with van der Waals surface area (Å²) < 4.78 is 40.6. The number of hydrogen-bond acceptors (Lipinski definition) is 2. The van der Waals surface area contributed by atoms with Crippen LogP contribution in [0.5, 0.6) is 0 Å². The lowest BCUT2D eigenvalue weighted by atomic mass is 10.2. The summed E-state index contributed by atoms with van der Waals surface area (Å²) in [7, 11) is 0. The maximum absolute atomic E-state index is 13.1. The lowest BCUT2D eigenvalue weighted by Crippen LogP contribution is -2.00.